The van der Waals surface area contributed by atoms with Crippen molar-refractivity contribution in [1.82, 2.24) is 19.9 Å². The van der Waals surface area contributed by atoms with E-state index in [1.165, 1.54) is 5.56 Å². The highest BCUT2D eigenvalue weighted by molar-refractivity contribution is 6.17. The first-order chi connectivity index (χ1) is 25.2. The Morgan fingerprint density at radius 1 is 0.392 bits per heavy atom. The van der Waals surface area contributed by atoms with E-state index in [9.17, 15) is 0 Å². The van der Waals surface area contributed by atoms with Crippen molar-refractivity contribution >= 4 is 43.5 Å². The minimum absolute atomic E-state index is 0.534. The monoisotopic (exact) mass is 652 g/mol. The molecule has 10 rings (SSSR count). The second-order valence-electron chi connectivity index (χ2n) is 12.7. The van der Waals surface area contributed by atoms with Crippen molar-refractivity contribution in [2.45, 2.75) is 0 Å². The molecule has 0 saturated carbocycles. The van der Waals surface area contributed by atoms with Crippen LogP contribution in [0.1, 0.15) is 0 Å². The molecule has 0 saturated heterocycles. The summed E-state index contributed by atoms with van der Waals surface area (Å²) in [6.45, 7) is 0. The molecule has 0 spiro atoms. The van der Waals surface area contributed by atoms with Gasteiger partial charge in [-0.05, 0) is 50.9 Å². The maximum absolute atomic E-state index is 6.77. The number of benzene rings is 7. The first kappa shape index (κ1) is 29.0. The van der Waals surface area contributed by atoms with E-state index < -0.39 is 0 Å². The third kappa shape index (κ3) is 5.11. The van der Waals surface area contributed by atoms with Gasteiger partial charge in [0, 0.05) is 39.2 Å². The number of hydrogen-bond acceptors (Lipinski definition) is 5. The maximum Gasteiger partial charge on any atom is 0.166 e. The molecule has 5 nitrogen and oxygen atoms in total. The first-order valence-corrected chi connectivity index (χ1v) is 17.0. The smallest absolute Gasteiger partial charge is 0.166 e. The van der Waals surface area contributed by atoms with E-state index in [0.29, 0.717) is 23.1 Å². The van der Waals surface area contributed by atoms with Crippen molar-refractivity contribution in [3.05, 3.63) is 170 Å². The molecule has 0 amide bonds. The van der Waals surface area contributed by atoms with E-state index in [0.717, 1.165) is 71.4 Å². The number of fused-ring (bicyclic) bond motifs is 5. The number of pyridine rings is 1. The van der Waals surface area contributed by atoms with Gasteiger partial charge in [0.25, 0.3) is 0 Å². The summed E-state index contributed by atoms with van der Waals surface area (Å²) in [5.74, 6) is 1.72. The fraction of sp³-hybridized carbons (Fsp3) is 0. The van der Waals surface area contributed by atoms with Crippen molar-refractivity contribution in [1.29, 1.82) is 0 Å². The Kier molecular flexibility index (Phi) is 6.74. The molecule has 0 radical (unpaired) electrons. The molecular formula is C46H28N4O. The Morgan fingerprint density at radius 3 is 1.65 bits per heavy atom. The highest BCUT2D eigenvalue weighted by Gasteiger charge is 2.22. The van der Waals surface area contributed by atoms with Gasteiger partial charge in [-0.15, -0.1) is 0 Å². The summed E-state index contributed by atoms with van der Waals surface area (Å²) in [7, 11) is 0. The number of aromatic nitrogens is 4. The van der Waals surface area contributed by atoms with Gasteiger partial charge in [-0.25, -0.2) is 15.0 Å². The second kappa shape index (κ2) is 11.9. The molecular weight excluding hydrogens is 625 g/mol. The quantitative estimate of drug-likeness (QED) is 0.185. The summed E-state index contributed by atoms with van der Waals surface area (Å²) in [6.07, 6.45) is 1.89. The van der Waals surface area contributed by atoms with Gasteiger partial charge in [0.1, 0.15) is 11.3 Å². The predicted octanol–water partition coefficient (Wildman–Crippen LogP) is 11.8. The fourth-order valence-electron chi connectivity index (χ4n) is 6.97. The SMILES string of the molecule is c1ccc(-c2ccc(-c3ncc(-c4nc(-c5ccccc5)nc(-c5ccc6ccccc6c5)n4)c4c3oc3cc5ccccc5cc34)cc2)cc1. The topological polar surface area (TPSA) is 64.7 Å². The third-order valence-corrected chi connectivity index (χ3v) is 9.54. The molecule has 51 heavy (non-hydrogen) atoms. The number of hydrogen-bond donors (Lipinski definition) is 0. The number of nitrogens with zero attached hydrogens (tertiary/aromatic N) is 4. The van der Waals surface area contributed by atoms with Crippen molar-refractivity contribution in [3.63, 3.8) is 0 Å². The number of furan rings is 1. The Hall–Kier alpha value is -6.98. The first-order valence-electron chi connectivity index (χ1n) is 17.0. The fourth-order valence-corrected chi connectivity index (χ4v) is 6.97. The van der Waals surface area contributed by atoms with Gasteiger partial charge < -0.3 is 4.42 Å². The molecule has 7 aromatic carbocycles. The van der Waals surface area contributed by atoms with Crippen LogP contribution in [0, 0.1) is 0 Å². The van der Waals surface area contributed by atoms with Crippen molar-refractivity contribution in [2.75, 3.05) is 0 Å². The van der Waals surface area contributed by atoms with Crippen LogP contribution in [-0.4, -0.2) is 19.9 Å². The van der Waals surface area contributed by atoms with E-state index in [1.807, 2.05) is 54.7 Å². The van der Waals surface area contributed by atoms with Crippen molar-refractivity contribution < 1.29 is 4.42 Å². The number of rotatable bonds is 5. The minimum Gasteiger partial charge on any atom is -0.454 e. The molecule has 0 aliphatic heterocycles. The van der Waals surface area contributed by atoms with E-state index in [4.69, 9.17) is 24.4 Å². The molecule has 3 aromatic heterocycles. The third-order valence-electron chi connectivity index (χ3n) is 9.54. The lowest BCUT2D eigenvalue weighted by Gasteiger charge is -2.11. The van der Waals surface area contributed by atoms with Gasteiger partial charge in [0.15, 0.2) is 23.1 Å². The largest absolute Gasteiger partial charge is 0.454 e. The normalized spacial score (nSPS) is 11.5. The highest BCUT2D eigenvalue weighted by Crippen LogP contribution is 2.42. The van der Waals surface area contributed by atoms with Crippen LogP contribution < -0.4 is 0 Å². The zero-order valence-electron chi connectivity index (χ0n) is 27.4. The predicted molar refractivity (Wildman–Crippen MR) is 207 cm³/mol. The van der Waals surface area contributed by atoms with E-state index in [2.05, 4.69) is 115 Å². The average molecular weight is 653 g/mol. The lowest BCUT2D eigenvalue weighted by molar-refractivity contribution is 0.669. The van der Waals surface area contributed by atoms with Crippen molar-refractivity contribution in [3.8, 4) is 56.5 Å². The van der Waals surface area contributed by atoms with Crippen LogP contribution in [0.5, 0.6) is 0 Å². The summed E-state index contributed by atoms with van der Waals surface area (Å²) in [5.41, 5.74) is 8.12. The zero-order chi connectivity index (χ0) is 33.7. The molecule has 0 atom stereocenters. The summed E-state index contributed by atoms with van der Waals surface area (Å²) >= 11 is 0. The molecule has 0 aliphatic rings. The van der Waals surface area contributed by atoms with Gasteiger partial charge >= 0.3 is 0 Å². The zero-order valence-corrected chi connectivity index (χ0v) is 27.4. The average Bonchev–Trinajstić information content (AvgIpc) is 3.58. The summed E-state index contributed by atoms with van der Waals surface area (Å²) in [4.78, 5) is 20.3. The molecule has 5 heteroatoms. The van der Waals surface area contributed by atoms with E-state index in [1.54, 1.807) is 0 Å². The van der Waals surface area contributed by atoms with Gasteiger partial charge in [0.2, 0.25) is 0 Å². The van der Waals surface area contributed by atoms with Crippen LogP contribution in [0.3, 0.4) is 0 Å². The Labute approximate surface area is 293 Å². The lowest BCUT2D eigenvalue weighted by Crippen LogP contribution is -2.01. The lowest BCUT2D eigenvalue weighted by atomic mass is 9.99. The van der Waals surface area contributed by atoms with Crippen LogP contribution in [0.4, 0.5) is 0 Å². The standard InChI is InChI=1S/C46H28N4O/c1-3-11-29(12-4-1)31-19-22-32(23-20-31)42-43-41(38-26-35-17-9-10-18-36(35)27-40(38)51-43)39(28-47-42)46-49-44(33-14-5-2-6-15-33)48-45(50-46)37-24-21-30-13-7-8-16-34(30)25-37/h1-28H. The molecule has 0 unspecified atom stereocenters. The molecule has 3 heterocycles. The Morgan fingerprint density at radius 2 is 0.922 bits per heavy atom. The molecule has 0 aliphatic carbocycles. The van der Waals surface area contributed by atoms with Crippen LogP contribution in [-0.2, 0) is 0 Å². The van der Waals surface area contributed by atoms with Crippen LogP contribution in [0.25, 0.3) is 100 Å². The molecule has 0 N–H and O–H groups in total. The Balaban J connectivity index is 1.22. The Bertz CT molecular complexity index is 2900. The van der Waals surface area contributed by atoms with Crippen LogP contribution in [0.2, 0.25) is 0 Å². The highest BCUT2D eigenvalue weighted by atomic mass is 16.3. The summed E-state index contributed by atoms with van der Waals surface area (Å²) < 4.78 is 6.77. The van der Waals surface area contributed by atoms with Gasteiger partial charge in [0.05, 0.1) is 0 Å². The van der Waals surface area contributed by atoms with Crippen LogP contribution >= 0.6 is 0 Å². The second-order valence-corrected chi connectivity index (χ2v) is 12.7. The van der Waals surface area contributed by atoms with E-state index >= 15 is 0 Å². The maximum atomic E-state index is 6.77. The summed E-state index contributed by atoms with van der Waals surface area (Å²) in [6, 6.07) is 56.2. The molecule has 0 bridgehead atoms. The van der Waals surface area contributed by atoms with Gasteiger partial charge in [-0.2, -0.15) is 0 Å². The molecule has 0 fully saturated rings. The van der Waals surface area contributed by atoms with Gasteiger partial charge in [-0.1, -0.05) is 146 Å². The molecule has 238 valence electrons. The van der Waals surface area contributed by atoms with Crippen molar-refractivity contribution in [2.24, 2.45) is 0 Å². The minimum atomic E-state index is 0.534. The van der Waals surface area contributed by atoms with E-state index in [-0.39, 0.29) is 0 Å². The van der Waals surface area contributed by atoms with Gasteiger partial charge in [-0.3, -0.25) is 4.98 Å². The van der Waals surface area contributed by atoms with Crippen LogP contribution in [0.15, 0.2) is 174 Å². The summed E-state index contributed by atoms with van der Waals surface area (Å²) in [5, 5.41) is 6.42. The molecule has 10 aromatic rings.